The third kappa shape index (κ3) is 1.99. The largest absolute Gasteiger partial charge is 0.450 e. The Balaban J connectivity index is 1.75. The molecular formula is C16H16N4O2. The number of carbonyl (C=O) groups is 1. The van der Waals surface area contributed by atoms with Crippen LogP contribution in [0.4, 0.5) is 5.82 Å². The number of para-hydroxylation sites is 1. The molecule has 112 valence electrons. The van der Waals surface area contributed by atoms with Crippen molar-refractivity contribution in [3.63, 3.8) is 0 Å². The van der Waals surface area contributed by atoms with Crippen LogP contribution in [0, 0.1) is 0 Å². The van der Waals surface area contributed by atoms with Gasteiger partial charge in [0.2, 0.25) is 5.91 Å². The van der Waals surface area contributed by atoms with Crippen LogP contribution in [0.2, 0.25) is 0 Å². The SMILES string of the molecule is CC(=O)N1CCN(c2ncnc3c2oc2ccccc23)CC1. The number of hydrogen-bond acceptors (Lipinski definition) is 5. The number of rotatable bonds is 1. The Morgan fingerprint density at radius 1 is 1.14 bits per heavy atom. The number of aromatic nitrogens is 2. The van der Waals surface area contributed by atoms with E-state index in [0.29, 0.717) is 13.1 Å². The molecule has 6 nitrogen and oxygen atoms in total. The second kappa shape index (κ2) is 4.98. The molecule has 0 aliphatic carbocycles. The summed E-state index contributed by atoms with van der Waals surface area (Å²) in [5.74, 6) is 0.931. The van der Waals surface area contributed by atoms with Crippen molar-refractivity contribution in [3.05, 3.63) is 30.6 Å². The molecule has 0 atom stereocenters. The Morgan fingerprint density at radius 3 is 2.68 bits per heavy atom. The van der Waals surface area contributed by atoms with Crippen LogP contribution in [0.5, 0.6) is 0 Å². The lowest BCUT2D eigenvalue weighted by Crippen LogP contribution is -2.48. The fourth-order valence-electron chi connectivity index (χ4n) is 2.97. The highest BCUT2D eigenvalue weighted by molar-refractivity contribution is 6.05. The van der Waals surface area contributed by atoms with E-state index in [1.165, 1.54) is 0 Å². The number of nitrogens with zero attached hydrogens (tertiary/aromatic N) is 4. The average molecular weight is 296 g/mol. The van der Waals surface area contributed by atoms with Crippen LogP contribution in [0.25, 0.3) is 22.1 Å². The summed E-state index contributed by atoms with van der Waals surface area (Å²) in [4.78, 5) is 24.2. The van der Waals surface area contributed by atoms with E-state index in [-0.39, 0.29) is 5.91 Å². The second-order valence-electron chi connectivity index (χ2n) is 5.47. The summed E-state index contributed by atoms with van der Waals surface area (Å²) >= 11 is 0. The molecule has 1 saturated heterocycles. The number of furan rings is 1. The van der Waals surface area contributed by atoms with Crippen molar-refractivity contribution in [1.29, 1.82) is 0 Å². The molecule has 0 bridgehead atoms. The van der Waals surface area contributed by atoms with Gasteiger partial charge >= 0.3 is 0 Å². The van der Waals surface area contributed by atoms with Gasteiger partial charge in [0.1, 0.15) is 17.4 Å². The van der Waals surface area contributed by atoms with Crippen molar-refractivity contribution in [1.82, 2.24) is 14.9 Å². The van der Waals surface area contributed by atoms with E-state index in [2.05, 4.69) is 14.9 Å². The summed E-state index contributed by atoms with van der Waals surface area (Å²) in [7, 11) is 0. The molecule has 0 saturated carbocycles. The first-order chi connectivity index (χ1) is 10.7. The fourth-order valence-corrected chi connectivity index (χ4v) is 2.97. The van der Waals surface area contributed by atoms with E-state index in [1.54, 1.807) is 13.3 Å². The normalized spacial score (nSPS) is 15.7. The molecule has 1 aromatic carbocycles. The van der Waals surface area contributed by atoms with Crippen LogP contribution < -0.4 is 4.90 Å². The van der Waals surface area contributed by atoms with Gasteiger partial charge in [0.25, 0.3) is 0 Å². The van der Waals surface area contributed by atoms with Crippen LogP contribution >= 0.6 is 0 Å². The zero-order chi connectivity index (χ0) is 15.1. The summed E-state index contributed by atoms with van der Waals surface area (Å²) in [6, 6.07) is 7.87. The predicted molar refractivity (Wildman–Crippen MR) is 83.8 cm³/mol. The molecule has 1 amide bonds. The minimum absolute atomic E-state index is 0.122. The van der Waals surface area contributed by atoms with Gasteiger partial charge in [-0.2, -0.15) is 0 Å². The van der Waals surface area contributed by atoms with E-state index in [0.717, 1.165) is 41.0 Å². The molecular weight excluding hydrogens is 280 g/mol. The Bertz CT molecular complexity index is 850. The van der Waals surface area contributed by atoms with Gasteiger partial charge < -0.3 is 14.2 Å². The molecule has 22 heavy (non-hydrogen) atoms. The lowest BCUT2D eigenvalue weighted by Gasteiger charge is -2.34. The Hall–Kier alpha value is -2.63. The maximum Gasteiger partial charge on any atom is 0.219 e. The molecule has 0 spiro atoms. The zero-order valence-electron chi connectivity index (χ0n) is 12.3. The maximum atomic E-state index is 11.4. The number of anilines is 1. The van der Waals surface area contributed by atoms with Crippen LogP contribution in [-0.4, -0.2) is 47.0 Å². The number of benzene rings is 1. The van der Waals surface area contributed by atoms with Gasteiger partial charge in [0, 0.05) is 38.5 Å². The summed E-state index contributed by atoms with van der Waals surface area (Å²) in [5.41, 5.74) is 2.39. The summed E-state index contributed by atoms with van der Waals surface area (Å²) in [6.45, 7) is 4.53. The minimum Gasteiger partial charge on any atom is -0.450 e. The molecule has 4 rings (SSSR count). The third-order valence-corrected chi connectivity index (χ3v) is 4.16. The van der Waals surface area contributed by atoms with Crippen LogP contribution in [0.1, 0.15) is 6.92 Å². The summed E-state index contributed by atoms with van der Waals surface area (Å²) in [6.07, 6.45) is 1.58. The van der Waals surface area contributed by atoms with E-state index in [4.69, 9.17) is 4.42 Å². The quantitative estimate of drug-likeness (QED) is 0.687. The van der Waals surface area contributed by atoms with Gasteiger partial charge in [0.15, 0.2) is 11.4 Å². The number of fused-ring (bicyclic) bond motifs is 3. The Labute approximate surface area is 127 Å². The minimum atomic E-state index is 0.122. The number of amides is 1. The third-order valence-electron chi connectivity index (χ3n) is 4.16. The molecule has 6 heteroatoms. The van der Waals surface area contributed by atoms with Crippen molar-refractivity contribution in [3.8, 4) is 0 Å². The molecule has 0 N–H and O–H groups in total. The fraction of sp³-hybridized carbons (Fsp3) is 0.312. The van der Waals surface area contributed by atoms with Gasteiger partial charge in [0.05, 0.1) is 0 Å². The van der Waals surface area contributed by atoms with Crippen LogP contribution in [0.3, 0.4) is 0 Å². The lowest BCUT2D eigenvalue weighted by atomic mass is 10.2. The second-order valence-corrected chi connectivity index (χ2v) is 5.47. The molecule has 3 aromatic rings. The molecule has 3 heterocycles. The Morgan fingerprint density at radius 2 is 1.91 bits per heavy atom. The first-order valence-electron chi connectivity index (χ1n) is 7.37. The monoisotopic (exact) mass is 296 g/mol. The van der Waals surface area contributed by atoms with E-state index < -0.39 is 0 Å². The van der Waals surface area contributed by atoms with E-state index in [1.807, 2.05) is 29.2 Å². The molecule has 0 radical (unpaired) electrons. The first kappa shape index (κ1) is 13.1. The van der Waals surface area contributed by atoms with Crippen molar-refractivity contribution in [2.24, 2.45) is 0 Å². The number of piperazine rings is 1. The van der Waals surface area contributed by atoms with Crippen LogP contribution in [-0.2, 0) is 4.79 Å². The van der Waals surface area contributed by atoms with Crippen LogP contribution in [0.15, 0.2) is 35.0 Å². The summed E-state index contributed by atoms with van der Waals surface area (Å²) < 4.78 is 5.96. The average Bonchev–Trinajstić information content (AvgIpc) is 2.93. The Kier molecular flexibility index (Phi) is 2.96. The lowest BCUT2D eigenvalue weighted by molar-refractivity contribution is -0.129. The zero-order valence-corrected chi connectivity index (χ0v) is 12.3. The van der Waals surface area contributed by atoms with Gasteiger partial charge in [-0.05, 0) is 12.1 Å². The topological polar surface area (TPSA) is 62.5 Å². The van der Waals surface area contributed by atoms with E-state index >= 15 is 0 Å². The highest BCUT2D eigenvalue weighted by Gasteiger charge is 2.23. The van der Waals surface area contributed by atoms with E-state index in [9.17, 15) is 4.79 Å². The smallest absolute Gasteiger partial charge is 0.219 e. The van der Waals surface area contributed by atoms with Gasteiger partial charge in [-0.1, -0.05) is 12.1 Å². The predicted octanol–water partition coefficient (Wildman–Crippen LogP) is 2.04. The van der Waals surface area contributed by atoms with Gasteiger partial charge in [-0.25, -0.2) is 9.97 Å². The van der Waals surface area contributed by atoms with Crippen molar-refractivity contribution in [2.45, 2.75) is 6.92 Å². The highest BCUT2D eigenvalue weighted by atomic mass is 16.3. The van der Waals surface area contributed by atoms with Crippen molar-refractivity contribution in [2.75, 3.05) is 31.1 Å². The first-order valence-corrected chi connectivity index (χ1v) is 7.37. The molecule has 1 fully saturated rings. The standard InChI is InChI=1S/C16H16N4O2/c1-11(21)19-6-8-20(9-7-19)16-15-14(17-10-18-16)12-4-2-3-5-13(12)22-15/h2-5,10H,6-9H2,1H3. The maximum absolute atomic E-state index is 11.4. The van der Waals surface area contributed by atoms with Gasteiger partial charge in [-0.15, -0.1) is 0 Å². The molecule has 2 aromatic heterocycles. The van der Waals surface area contributed by atoms with Gasteiger partial charge in [-0.3, -0.25) is 4.79 Å². The van der Waals surface area contributed by atoms with Crippen molar-refractivity contribution >= 4 is 33.8 Å². The number of hydrogen-bond donors (Lipinski definition) is 0. The highest BCUT2D eigenvalue weighted by Crippen LogP contribution is 2.32. The van der Waals surface area contributed by atoms with Crippen molar-refractivity contribution < 1.29 is 9.21 Å². The molecule has 1 aliphatic heterocycles. The summed E-state index contributed by atoms with van der Waals surface area (Å²) in [5, 5.41) is 1.00. The molecule has 0 unspecified atom stereocenters. The molecule has 1 aliphatic rings. The number of carbonyl (C=O) groups excluding carboxylic acids is 1.